The number of hydrogen-bond donors (Lipinski definition) is 0. The fourth-order valence-corrected chi connectivity index (χ4v) is 3.12. The summed E-state index contributed by atoms with van der Waals surface area (Å²) in [5, 5.41) is 0. The minimum atomic E-state index is 0. The predicted molar refractivity (Wildman–Crippen MR) is 106 cm³/mol. The van der Waals surface area contributed by atoms with Crippen LogP contribution < -0.4 is 48.0 Å². The minimum absolute atomic E-state index is 0. The summed E-state index contributed by atoms with van der Waals surface area (Å²) in [6.45, 7) is 2.66. The zero-order valence-electron chi connectivity index (χ0n) is 18.3. The van der Waals surface area contributed by atoms with Gasteiger partial charge in [-0.05, 0) is 25.7 Å². The highest BCUT2D eigenvalue weighted by Crippen LogP contribution is 2.13. The Balaban J connectivity index is -0.00000242. The van der Waals surface area contributed by atoms with Crippen LogP contribution in [0.25, 0.3) is 0 Å². The van der Waals surface area contributed by atoms with Crippen molar-refractivity contribution in [3.05, 3.63) is 0 Å². The topological polar surface area (TPSA) is 0 Å². The Morgan fingerprint density at radius 1 is 0.320 bits per heavy atom. The van der Waals surface area contributed by atoms with Crippen molar-refractivity contribution < 1.29 is 56.9 Å². The highest BCUT2D eigenvalue weighted by molar-refractivity contribution is 4.49. The molecule has 156 valence electrons. The molecule has 0 saturated carbocycles. The first kappa shape index (κ1) is 31.1. The molecule has 4 heteroatoms. The maximum absolute atomic E-state index is 2.30. The van der Waals surface area contributed by atoms with E-state index in [4.69, 9.17) is 0 Å². The summed E-state index contributed by atoms with van der Waals surface area (Å²) in [7, 11) is 13.8. The highest BCUT2D eigenvalue weighted by Gasteiger charge is 2.05. The number of halogens is 2. The van der Waals surface area contributed by atoms with E-state index >= 15 is 0 Å². The lowest BCUT2D eigenvalue weighted by Crippen LogP contribution is -3.00. The zero-order chi connectivity index (χ0) is 17.6. The van der Waals surface area contributed by atoms with E-state index in [1.54, 1.807) is 0 Å². The van der Waals surface area contributed by atoms with Crippen LogP contribution in [0.4, 0.5) is 0 Å². The van der Waals surface area contributed by atoms with Crippen LogP contribution in [0.2, 0.25) is 0 Å². The first-order chi connectivity index (χ1) is 10.7. The van der Waals surface area contributed by atoms with E-state index in [1.807, 2.05) is 0 Å². The molecule has 0 rings (SSSR count). The van der Waals surface area contributed by atoms with Gasteiger partial charge in [0.1, 0.15) is 0 Å². The maximum atomic E-state index is 2.30. The van der Waals surface area contributed by atoms with E-state index in [9.17, 15) is 0 Å². The van der Waals surface area contributed by atoms with Gasteiger partial charge in [-0.2, -0.15) is 0 Å². The number of unbranched alkanes of at least 4 members (excludes halogenated alkanes) is 12. The highest BCUT2D eigenvalue weighted by atomic mass is 127. The quantitative estimate of drug-likeness (QED) is 0.131. The molecule has 0 aliphatic carbocycles. The second kappa shape index (κ2) is 18.7. The van der Waals surface area contributed by atoms with Gasteiger partial charge in [-0.3, -0.25) is 0 Å². The minimum Gasteiger partial charge on any atom is -1.00 e. The Labute approximate surface area is 194 Å². The Morgan fingerprint density at radius 3 is 0.640 bits per heavy atom. The molecule has 0 aromatic heterocycles. The molecule has 0 spiro atoms. The van der Waals surface area contributed by atoms with Gasteiger partial charge in [-0.15, -0.1) is 0 Å². The van der Waals surface area contributed by atoms with E-state index in [-0.39, 0.29) is 48.0 Å². The van der Waals surface area contributed by atoms with E-state index in [0.29, 0.717) is 0 Å². The van der Waals surface area contributed by atoms with Gasteiger partial charge < -0.3 is 56.9 Å². The van der Waals surface area contributed by atoms with E-state index < -0.39 is 0 Å². The third-order valence-corrected chi connectivity index (χ3v) is 4.66. The summed E-state index contributed by atoms with van der Waals surface area (Å²) in [6, 6.07) is 0. The summed E-state index contributed by atoms with van der Waals surface area (Å²) in [4.78, 5) is 0. The molecule has 0 aliphatic rings. The van der Waals surface area contributed by atoms with Crippen LogP contribution in [0.3, 0.4) is 0 Å². The molecule has 0 atom stereocenters. The van der Waals surface area contributed by atoms with Crippen molar-refractivity contribution in [2.45, 2.75) is 83.5 Å². The van der Waals surface area contributed by atoms with Crippen molar-refractivity contribution in [3.63, 3.8) is 0 Å². The molecule has 0 heterocycles. The van der Waals surface area contributed by atoms with Crippen molar-refractivity contribution in [3.8, 4) is 0 Å². The third kappa shape index (κ3) is 30.4. The lowest BCUT2D eigenvalue weighted by molar-refractivity contribution is -0.870. The van der Waals surface area contributed by atoms with Gasteiger partial charge in [-0.1, -0.05) is 57.8 Å². The molecule has 0 aliphatic heterocycles. The van der Waals surface area contributed by atoms with E-state index in [2.05, 4.69) is 42.3 Å². The lowest BCUT2D eigenvalue weighted by Gasteiger charge is -2.23. The van der Waals surface area contributed by atoms with Crippen LogP contribution in [0, 0.1) is 0 Å². The summed E-state index contributed by atoms with van der Waals surface area (Å²) in [5.41, 5.74) is 0. The van der Waals surface area contributed by atoms with Crippen LogP contribution in [-0.4, -0.2) is 64.3 Å². The fraction of sp³-hybridized carbons (Fsp3) is 1.00. The van der Waals surface area contributed by atoms with Crippen molar-refractivity contribution >= 4 is 0 Å². The molecule has 0 radical (unpaired) electrons. The van der Waals surface area contributed by atoms with E-state index in [0.717, 1.165) is 8.97 Å². The zero-order valence-corrected chi connectivity index (χ0v) is 22.6. The Hall–Kier alpha value is 1.38. The van der Waals surface area contributed by atoms with Crippen molar-refractivity contribution in [2.75, 3.05) is 55.4 Å². The molecule has 0 bridgehead atoms. The number of nitrogens with zero attached hydrogens (tertiary/aromatic N) is 2. The molecule has 0 saturated heterocycles. The van der Waals surface area contributed by atoms with Crippen LogP contribution in [0.15, 0.2) is 0 Å². The second-order valence-electron chi connectivity index (χ2n) is 9.62. The second-order valence-corrected chi connectivity index (χ2v) is 9.62. The Kier molecular flexibility index (Phi) is 23.3. The van der Waals surface area contributed by atoms with E-state index in [1.165, 1.54) is 96.6 Å². The van der Waals surface area contributed by atoms with Crippen molar-refractivity contribution in [1.29, 1.82) is 0 Å². The maximum Gasteiger partial charge on any atom is 0.0780 e. The van der Waals surface area contributed by atoms with Gasteiger partial charge in [0.25, 0.3) is 0 Å². The molecule has 0 amide bonds. The van der Waals surface area contributed by atoms with Gasteiger partial charge >= 0.3 is 0 Å². The summed E-state index contributed by atoms with van der Waals surface area (Å²) >= 11 is 0. The molecule has 25 heavy (non-hydrogen) atoms. The molecule has 0 aromatic carbocycles. The SMILES string of the molecule is C[N+](C)(C)CCCCCCCCCCCCCCC[N+](C)(C)C.[I-].[I-]. The summed E-state index contributed by atoms with van der Waals surface area (Å²) in [6.07, 6.45) is 18.8. The number of hydrogen-bond acceptors (Lipinski definition) is 0. The monoisotopic (exact) mass is 582 g/mol. The number of quaternary nitrogens is 2. The average Bonchev–Trinajstić information content (AvgIpc) is 2.40. The van der Waals surface area contributed by atoms with Gasteiger partial charge in [0.05, 0.1) is 55.4 Å². The van der Waals surface area contributed by atoms with Gasteiger partial charge in [0.2, 0.25) is 0 Å². The molecular weight excluding hydrogens is 534 g/mol. The van der Waals surface area contributed by atoms with Crippen LogP contribution in [0.1, 0.15) is 83.5 Å². The normalized spacial score (nSPS) is 11.8. The smallest absolute Gasteiger partial charge is 0.0780 e. The molecule has 0 unspecified atom stereocenters. The molecule has 0 N–H and O–H groups in total. The molecule has 2 nitrogen and oxygen atoms in total. The standard InChI is InChI=1S/C21H48N2.2HI/c1-22(2,3)20-18-16-14-12-10-8-7-9-11-13-15-17-19-21-23(4,5)6;;/h7-21H2,1-6H3;2*1H/q+2;;/p-2. The Morgan fingerprint density at radius 2 is 0.480 bits per heavy atom. The lowest BCUT2D eigenvalue weighted by atomic mass is 10.0. The first-order valence-electron chi connectivity index (χ1n) is 10.3. The average molecular weight is 582 g/mol. The molecule has 0 fully saturated rings. The van der Waals surface area contributed by atoms with Gasteiger partial charge in [-0.25, -0.2) is 0 Å². The van der Waals surface area contributed by atoms with Gasteiger partial charge in [0, 0.05) is 0 Å². The van der Waals surface area contributed by atoms with Crippen LogP contribution >= 0.6 is 0 Å². The van der Waals surface area contributed by atoms with Crippen LogP contribution in [0.5, 0.6) is 0 Å². The van der Waals surface area contributed by atoms with Crippen LogP contribution in [-0.2, 0) is 0 Å². The Bertz CT molecular complexity index is 232. The summed E-state index contributed by atoms with van der Waals surface area (Å²) in [5.74, 6) is 0. The predicted octanol–water partition coefficient (Wildman–Crippen LogP) is -0.522. The summed E-state index contributed by atoms with van der Waals surface area (Å²) < 4.78 is 2.24. The number of rotatable bonds is 16. The third-order valence-electron chi connectivity index (χ3n) is 4.66. The molecule has 0 aromatic rings. The largest absolute Gasteiger partial charge is 1.00 e. The molecular formula is C21H48I2N2. The van der Waals surface area contributed by atoms with Crippen molar-refractivity contribution in [1.82, 2.24) is 0 Å². The van der Waals surface area contributed by atoms with Gasteiger partial charge in [0.15, 0.2) is 0 Å². The van der Waals surface area contributed by atoms with Crippen molar-refractivity contribution in [2.24, 2.45) is 0 Å². The first-order valence-corrected chi connectivity index (χ1v) is 10.3. The fourth-order valence-electron chi connectivity index (χ4n) is 3.12.